The van der Waals surface area contributed by atoms with Gasteiger partial charge in [0.2, 0.25) is 0 Å². The Hall–Kier alpha value is -3.15. The Morgan fingerprint density at radius 3 is 2.78 bits per heavy atom. The summed E-state index contributed by atoms with van der Waals surface area (Å²) < 4.78 is 15.0. The second-order valence-electron chi connectivity index (χ2n) is 6.29. The molecular formula is C21H24FN5. The third kappa shape index (κ3) is 5.17. The maximum atomic E-state index is 13.2. The molecule has 1 aromatic heterocycles. The Balaban J connectivity index is 1.51. The van der Waals surface area contributed by atoms with Crippen LogP contribution in [0.4, 0.5) is 4.39 Å². The maximum Gasteiger partial charge on any atom is 0.191 e. The second-order valence-corrected chi connectivity index (χ2v) is 6.29. The minimum Gasteiger partial charge on any atom is -0.356 e. The molecule has 1 heterocycles. The minimum absolute atomic E-state index is 0.195. The molecule has 5 nitrogen and oxygen atoms in total. The lowest BCUT2D eigenvalue weighted by atomic mass is 10.1. The van der Waals surface area contributed by atoms with E-state index in [1.807, 2.05) is 42.1 Å². The summed E-state index contributed by atoms with van der Waals surface area (Å²) in [5.41, 5.74) is 4.26. The van der Waals surface area contributed by atoms with Gasteiger partial charge in [-0.25, -0.2) is 9.07 Å². The highest BCUT2D eigenvalue weighted by atomic mass is 19.1. The fraction of sp³-hybridized carbons (Fsp3) is 0.238. The SMILES string of the molecule is CN=C(NCCc1ccc(F)cc1C)NCc1cccc(-n2cccn2)c1. The van der Waals surface area contributed by atoms with Crippen LogP contribution in [0.2, 0.25) is 0 Å². The maximum absolute atomic E-state index is 13.2. The monoisotopic (exact) mass is 365 g/mol. The van der Waals surface area contributed by atoms with Crippen molar-refractivity contribution in [2.75, 3.05) is 13.6 Å². The first-order chi connectivity index (χ1) is 13.2. The summed E-state index contributed by atoms with van der Waals surface area (Å²) in [6.45, 7) is 3.31. The normalized spacial score (nSPS) is 11.4. The van der Waals surface area contributed by atoms with Crippen LogP contribution in [-0.2, 0) is 13.0 Å². The van der Waals surface area contributed by atoms with Crippen LogP contribution in [0.5, 0.6) is 0 Å². The number of aryl methyl sites for hydroxylation is 1. The van der Waals surface area contributed by atoms with Crippen LogP contribution in [0, 0.1) is 12.7 Å². The zero-order valence-electron chi connectivity index (χ0n) is 15.6. The zero-order valence-corrected chi connectivity index (χ0v) is 15.6. The molecule has 27 heavy (non-hydrogen) atoms. The van der Waals surface area contributed by atoms with Crippen LogP contribution >= 0.6 is 0 Å². The number of hydrogen-bond acceptors (Lipinski definition) is 2. The first-order valence-corrected chi connectivity index (χ1v) is 8.94. The molecule has 0 saturated heterocycles. The summed E-state index contributed by atoms with van der Waals surface area (Å²) in [6.07, 6.45) is 4.49. The van der Waals surface area contributed by atoms with Crippen LogP contribution in [0.3, 0.4) is 0 Å². The van der Waals surface area contributed by atoms with E-state index >= 15 is 0 Å². The lowest BCUT2D eigenvalue weighted by molar-refractivity contribution is 0.625. The standard InChI is InChI=1S/C21H24FN5/c1-16-13-19(22)8-7-18(16)9-11-24-21(23-2)25-15-17-5-3-6-20(14-17)27-12-4-10-26-27/h3-8,10,12-14H,9,11,15H2,1-2H3,(H2,23,24,25). The summed E-state index contributed by atoms with van der Waals surface area (Å²) >= 11 is 0. The molecule has 0 spiro atoms. The van der Waals surface area contributed by atoms with Crippen molar-refractivity contribution in [2.24, 2.45) is 4.99 Å². The van der Waals surface area contributed by atoms with Gasteiger partial charge in [0, 0.05) is 32.5 Å². The van der Waals surface area contributed by atoms with Crippen LogP contribution in [-0.4, -0.2) is 29.3 Å². The van der Waals surface area contributed by atoms with E-state index in [9.17, 15) is 4.39 Å². The molecule has 0 aliphatic carbocycles. The molecule has 2 N–H and O–H groups in total. The molecule has 0 saturated carbocycles. The lowest BCUT2D eigenvalue weighted by Gasteiger charge is -2.13. The van der Waals surface area contributed by atoms with E-state index in [-0.39, 0.29) is 5.82 Å². The van der Waals surface area contributed by atoms with Crippen LogP contribution in [0.1, 0.15) is 16.7 Å². The first-order valence-electron chi connectivity index (χ1n) is 8.94. The average molecular weight is 365 g/mol. The minimum atomic E-state index is -0.195. The zero-order chi connectivity index (χ0) is 19.1. The molecule has 3 aromatic rings. The number of benzene rings is 2. The second kappa shape index (κ2) is 8.98. The molecule has 6 heteroatoms. The fourth-order valence-electron chi connectivity index (χ4n) is 2.89. The molecule has 0 unspecified atom stereocenters. The summed E-state index contributed by atoms with van der Waals surface area (Å²) in [7, 11) is 1.75. The van der Waals surface area contributed by atoms with Crippen molar-refractivity contribution in [3.63, 3.8) is 0 Å². The summed E-state index contributed by atoms with van der Waals surface area (Å²) in [5, 5.41) is 10.9. The van der Waals surface area contributed by atoms with E-state index < -0.39 is 0 Å². The number of halogens is 1. The number of guanidine groups is 1. The lowest BCUT2D eigenvalue weighted by Crippen LogP contribution is -2.37. The highest BCUT2D eigenvalue weighted by molar-refractivity contribution is 5.79. The van der Waals surface area contributed by atoms with Gasteiger partial charge in [-0.05, 0) is 60.4 Å². The number of aromatic nitrogens is 2. The molecule has 0 fully saturated rings. The van der Waals surface area contributed by atoms with E-state index in [4.69, 9.17) is 0 Å². The molecule has 0 atom stereocenters. The highest BCUT2D eigenvalue weighted by Gasteiger charge is 2.03. The fourth-order valence-corrected chi connectivity index (χ4v) is 2.89. The van der Waals surface area contributed by atoms with E-state index in [0.29, 0.717) is 6.54 Å². The molecular weight excluding hydrogens is 341 g/mol. The van der Waals surface area contributed by atoms with Crippen LogP contribution < -0.4 is 10.6 Å². The van der Waals surface area contributed by atoms with Gasteiger partial charge in [-0.2, -0.15) is 5.10 Å². The molecule has 0 bridgehead atoms. The summed E-state index contributed by atoms with van der Waals surface area (Å²) in [5.74, 6) is 0.540. The average Bonchev–Trinajstić information content (AvgIpc) is 3.21. The summed E-state index contributed by atoms with van der Waals surface area (Å²) in [4.78, 5) is 4.26. The molecule has 0 radical (unpaired) electrons. The largest absolute Gasteiger partial charge is 0.356 e. The Kier molecular flexibility index (Phi) is 6.20. The van der Waals surface area contributed by atoms with E-state index in [0.717, 1.165) is 41.3 Å². The number of hydrogen-bond donors (Lipinski definition) is 2. The Labute approximate surface area is 159 Å². The van der Waals surface area contributed by atoms with Gasteiger partial charge in [0.05, 0.1) is 5.69 Å². The smallest absolute Gasteiger partial charge is 0.191 e. The molecule has 140 valence electrons. The number of rotatable bonds is 6. The van der Waals surface area contributed by atoms with Gasteiger partial charge in [-0.15, -0.1) is 0 Å². The number of nitrogens with zero attached hydrogens (tertiary/aromatic N) is 3. The molecule has 0 aliphatic heterocycles. The van der Waals surface area contributed by atoms with Gasteiger partial charge >= 0.3 is 0 Å². The van der Waals surface area contributed by atoms with Crippen molar-refractivity contribution in [3.05, 3.63) is 83.4 Å². The van der Waals surface area contributed by atoms with Crippen molar-refractivity contribution >= 4 is 5.96 Å². The van der Waals surface area contributed by atoms with Gasteiger partial charge in [-0.1, -0.05) is 18.2 Å². The van der Waals surface area contributed by atoms with Gasteiger partial charge in [0.25, 0.3) is 0 Å². The van der Waals surface area contributed by atoms with E-state index in [1.54, 1.807) is 19.3 Å². The topological polar surface area (TPSA) is 54.2 Å². The third-order valence-corrected chi connectivity index (χ3v) is 4.35. The molecule has 0 amide bonds. The van der Waals surface area contributed by atoms with Crippen LogP contribution in [0.15, 0.2) is 65.9 Å². The Morgan fingerprint density at radius 2 is 2.04 bits per heavy atom. The van der Waals surface area contributed by atoms with Crippen molar-refractivity contribution in [2.45, 2.75) is 19.9 Å². The Bertz CT molecular complexity index is 903. The first kappa shape index (κ1) is 18.6. The van der Waals surface area contributed by atoms with Crippen LogP contribution in [0.25, 0.3) is 5.69 Å². The molecule has 3 rings (SSSR count). The predicted octanol–water partition coefficient (Wildman–Crippen LogP) is 3.23. The van der Waals surface area contributed by atoms with Crippen molar-refractivity contribution in [3.8, 4) is 5.69 Å². The molecule has 0 aliphatic rings. The van der Waals surface area contributed by atoms with E-state index in [2.05, 4.69) is 32.9 Å². The third-order valence-electron chi connectivity index (χ3n) is 4.35. The van der Waals surface area contributed by atoms with Crippen molar-refractivity contribution in [1.82, 2.24) is 20.4 Å². The van der Waals surface area contributed by atoms with Crippen molar-refractivity contribution < 1.29 is 4.39 Å². The highest BCUT2D eigenvalue weighted by Crippen LogP contribution is 2.11. The predicted molar refractivity (Wildman–Crippen MR) is 107 cm³/mol. The van der Waals surface area contributed by atoms with Gasteiger partial charge in [-0.3, -0.25) is 4.99 Å². The van der Waals surface area contributed by atoms with Gasteiger partial charge in [0.1, 0.15) is 5.82 Å². The van der Waals surface area contributed by atoms with Crippen molar-refractivity contribution in [1.29, 1.82) is 0 Å². The Morgan fingerprint density at radius 1 is 1.15 bits per heavy atom. The van der Waals surface area contributed by atoms with Gasteiger partial charge < -0.3 is 10.6 Å². The summed E-state index contributed by atoms with van der Waals surface area (Å²) in [6, 6.07) is 15.0. The number of nitrogens with one attached hydrogen (secondary N) is 2. The van der Waals surface area contributed by atoms with E-state index in [1.165, 1.54) is 6.07 Å². The number of aliphatic imine (C=N–C) groups is 1. The quantitative estimate of drug-likeness (QED) is 0.521. The van der Waals surface area contributed by atoms with Gasteiger partial charge in [0.15, 0.2) is 5.96 Å². The molecule has 2 aromatic carbocycles.